The lowest BCUT2D eigenvalue weighted by atomic mass is 9.83. The Morgan fingerprint density at radius 2 is 1.97 bits per heavy atom. The summed E-state index contributed by atoms with van der Waals surface area (Å²) >= 11 is 0. The Morgan fingerprint density at radius 1 is 1.17 bits per heavy atom. The average Bonchev–Trinajstić information content (AvgIpc) is 3.43. The molecule has 2 aliphatic heterocycles. The van der Waals surface area contributed by atoms with Crippen molar-refractivity contribution in [2.75, 3.05) is 19.6 Å². The Bertz CT molecular complexity index is 1000. The van der Waals surface area contributed by atoms with Crippen LogP contribution in [0.3, 0.4) is 0 Å². The fraction of sp³-hybridized carbons (Fsp3) is 0.435. The lowest BCUT2D eigenvalue weighted by Gasteiger charge is -2.43. The van der Waals surface area contributed by atoms with Crippen molar-refractivity contribution in [1.82, 2.24) is 29.5 Å². The van der Waals surface area contributed by atoms with Gasteiger partial charge in [-0.25, -0.2) is 4.98 Å². The van der Waals surface area contributed by atoms with Gasteiger partial charge >= 0.3 is 0 Å². The van der Waals surface area contributed by atoms with Crippen LogP contribution in [0.2, 0.25) is 0 Å². The number of carbonyl (C=O) groups is 1. The smallest absolute Gasteiger partial charge is 0.257 e. The second-order valence-corrected chi connectivity index (χ2v) is 8.46. The zero-order valence-corrected chi connectivity index (χ0v) is 17.4. The van der Waals surface area contributed by atoms with Gasteiger partial charge in [0.15, 0.2) is 0 Å². The highest BCUT2D eigenvalue weighted by Crippen LogP contribution is 2.39. The first-order valence-corrected chi connectivity index (χ1v) is 10.8. The molecule has 3 aromatic rings. The number of amides is 1. The Labute approximate surface area is 176 Å². The van der Waals surface area contributed by atoms with Gasteiger partial charge in [-0.1, -0.05) is 30.3 Å². The third kappa shape index (κ3) is 3.65. The van der Waals surface area contributed by atoms with Gasteiger partial charge in [-0.2, -0.15) is 5.10 Å². The first kappa shape index (κ1) is 19.1. The van der Waals surface area contributed by atoms with E-state index in [0.717, 1.165) is 51.1 Å². The topological polar surface area (TPSA) is 70.1 Å². The maximum Gasteiger partial charge on any atom is 0.257 e. The number of H-pyrrole nitrogens is 1. The molecule has 0 bridgehead atoms. The Hall–Kier alpha value is -2.93. The molecule has 7 nitrogen and oxygen atoms in total. The van der Waals surface area contributed by atoms with Gasteiger partial charge in [-0.15, -0.1) is 0 Å². The van der Waals surface area contributed by atoms with Crippen molar-refractivity contribution in [3.05, 3.63) is 71.6 Å². The minimum absolute atomic E-state index is 0.0339. The molecule has 4 heterocycles. The largest absolute Gasteiger partial charge is 0.348 e. The summed E-state index contributed by atoms with van der Waals surface area (Å²) < 4.78 is 1.69. The van der Waals surface area contributed by atoms with Crippen molar-refractivity contribution in [2.45, 2.75) is 31.8 Å². The summed E-state index contributed by atoms with van der Waals surface area (Å²) in [5, 5.41) is 4.19. The molecule has 1 fully saturated rings. The number of rotatable bonds is 4. The van der Waals surface area contributed by atoms with Crippen molar-refractivity contribution in [3.63, 3.8) is 0 Å². The number of imidazole rings is 1. The Balaban J connectivity index is 1.33. The van der Waals surface area contributed by atoms with Crippen molar-refractivity contribution in [3.8, 4) is 0 Å². The van der Waals surface area contributed by atoms with Crippen LogP contribution in [0, 0.1) is 5.92 Å². The molecule has 2 aliphatic rings. The molecule has 1 aromatic carbocycles. The van der Waals surface area contributed by atoms with Gasteiger partial charge < -0.3 is 9.88 Å². The summed E-state index contributed by atoms with van der Waals surface area (Å²) in [7, 11) is 1.85. The zero-order chi connectivity index (χ0) is 20.5. The van der Waals surface area contributed by atoms with Gasteiger partial charge in [0.25, 0.3) is 5.91 Å². The number of fused-ring (bicyclic) bond motifs is 1. The fourth-order valence-corrected chi connectivity index (χ4v) is 4.98. The third-order valence-corrected chi connectivity index (χ3v) is 6.51. The number of nitrogens with zero attached hydrogens (tertiary/aromatic N) is 5. The Kier molecular flexibility index (Phi) is 5.12. The monoisotopic (exact) mass is 404 g/mol. The van der Waals surface area contributed by atoms with Crippen LogP contribution in [0.4, 0.5) is 0 Å². The van der Waals surface area contributed by atoms with Crippen molar-refractivity contribution < 1.29 is 4.79 Å². The molecular formula is C23H28N6O. The van der Waals surface area contributed by atoms with E-state index in [4.69, 9.17) is 0 Å². The van der Waals surface area contributed by atoms with E-state index in [1.165, 1.54) is 11.3 Å². The van der Waals surface area contributed by atoms with E-state index in [1.807, 2.05) is 18.1 Å². The molecule has 156 valence electrons. The predicted molar refractivity (Wildman–Crippen MR) is 114 cm³/mol. The van der Waals surface area contributed by atoms with Crippen LogP contribution in [-0.2, 0) is 20.0 Å². The SMILES string of the molecule is Cn1cc(C(=O)N2CCc3[nH]cnc3C2C2CCN(Cc3ccccc3)CC2)cn1. The number of hydrogen-bond acceptors (Lipinski definition) is 4. The maximum absolute atomic E-state index is 13.3. The van der Waals surface area contributed by atoms with Crippen molar-refractivity contribution in [1.29, 1.82) is 0 Å². The number of hydrogen-bond donors (Lipinski definition) is 1. The van der Waals surface area contributed by atoms with Gasteiger partial charge in [0.1, 0.15) is 0 Å². The summed E-state index contributed by atoms with van der Waals surface area (Å²) in [5.41, 5.74) is 4.25. The highest BCUT2D eigenvalue weighted by molar-refractivity contribution is 5.94. The van der Waals surface area contributed by atoms with E-state index in [0.29, 0.717) is 11.5 Å². The standard InChI is InChI=1S/C23H28N6O/c1-27-15-19(13-26-27)23(30)29-12-9-20-21(25-16-24-20)22(29)18-7-10-28(11-8-18)14-17-5-3-2-4-6-17/h2-6,13,15-16,18,22H,7-12,14H2,1H3,(H,24,25). The second-order valence-electron chi connectivity index (χ2n) is 8.46. The highest BCUT2D eigenvalue weighted by Gasteiger charge is 2.39. The summed E-state index contributed by atoms with van der Waals surface area (Å²) in [6.45, 7) is 3.80. The minimum atomic E-state index is 0.0339. The lowest BCUT2D eigenvalue weighted by Crippen LogP contribution is -2.46. The second kappa shape index (κ2) is 8.07. The van der Waals surface area contributed by atoms with Crippen LogP contribution >= 0.6 is 0 Å². The van der Waals surface area contributed by atoms with Crippen LogP contribution in [-0.4, -0.2) is 55.1 Å². The normalized spacial score (nSPS) is 20.3. The minimum Gasteiger partial charge on any atom is -0.348 e. The molecule has 5 rings (SSSR count). The molecule has 0 aliphatic carbocycles. The van der Waals surface area contributed by atoms with Crippen LogP contribution in [0.5, 0.6) is 0 Å². The summed E-state index contributed by atoms with van der Waals surface area (Å²) in [4.78, 5) is 25.8. The third-order valence-electron chi connectivity index (χ3n) is 6.51. The zero-order valence-electron chi connectivity index (χ0n) is 17.4. The molecule has 1 N–H and O–H groups in total. The Morgan fingerprint density at radius 3 is 2.70 bits per heavy atom. The maximum atomic E-state index is 13.3. The van der Waals surface area contributed by atoms with Gasteiger partial charge in [-0.05, 0) is 37.4 Å². The summed E-state index contributed by atoms with van der Waals surface area (Å²) in [6.07, 6.45) is 8.22. The number of likely N-dealkylation sites (tertiary alicyclic amines) is 1. The van der Waals surface area contributed by atoms with Crippen LogP contribution in [0.1, 0.15) is 46.2 Å². The van der Waals surface area contributed by atoms with E-state index in [1.54, 1.807) is 17.2 Å². The van der Waals surface area contributed by atoms with E-state index in [9.17, 15) is 4.79 Å². The first-order chi connectivity index (χ1) is 14.7. The number of aromatic amines is 1. The fourth-order valence-electron chi connectivity index (χ4n) is 4.98. The number of piperidine rings is 1. The van der Waals surface area contributed by atoms with E-state index < -0.39 is 0 Å². The molecule has 7 heteroatoms. The number of carbonyl (C=O) groups excluding carboxylic acids is 1. The van der Waals surface area contributed by atoms with E-state index in [2.05, 4.69) is 50.3 Å². The molecule has 0 spiro atoms. The molecule has 2 aromatic heterocycles. The number of nitrogens with one attached hydrogen (secondary N) is 1. The van der Waals surface area contributed by atoms with E-state index in [-0.39, 0.29) is 11.9 Å². The summed E-state index contributed by atoms with van der Waals surface area (Å²) in [5.74, 6) is 0.480. The molecular weight excluding hydrogens is 376 g/mol. The molecule has 0 radical (unpaired) electrons. The molecule has 30 heavy (non-hydrogen) atoms. The first-order valence-electron chi connectivity index (χ1n) is 10.8. The quantitative estimate of drug-likeness (QED) is 0.726. The molecule has 1 saturated heterocycles. The van der Waals surface area contributed by atoms with Gasteiger partial charge in [0.2, 0.25) is 0 Å². The van der Waals surface area contributed by atoms with Crippen molar-refractivity contribution in [2.24, 2.45) is 13.0 Å². The van der Waals surface area contributed by atoms with Gasteiger partial charge in [-0.3, -0.25) is 14.4 Å². The van der Waals surface area contributed by atoms with Gasteiger partial charge in [0, 0.05) is 38.4 Å². The van der Waals surface area contributed by atoms with Crippen LogP contribution < -0.4 is 0 Å². The molecule has 1 atom stereocenters. The van der Waals surface area contributed by atoms with E-state index >= 15 is 0 Å². The molecule has 1 unspecified atom stereocenters. The molecule has 0 saturated carbocycles. The lowest BCUT2D eigenvalue weighted by molar-refractivity contribution is 0.0466. The van der Waals surface area contributed by atoms with Crippen LogP contribution in [0.25, 0.3) is 0 Å². The van der Waals surface area contributed by atoms with Gasteiger partial charge in [0.05, 0.1) is 29.8 Å². The summed E-state index contributed by atoms with van der Waals surface area (Å²) in [6, 6.07) is 10.7. The molecule has 1 amide bonds. The number of aryl methyl sites for hydroxylation is 1. The van der Waals surface area contributed by atoms with Crippen LogP contribution in [0.15, 0.2) is 49.1 Å². The highest BCUT2D eigenvalue weighted by atomic mass is 16.2. The predicted octanol–water partition coefficient (Wildman–Crippen LogP) is 2.80. The van der Waals surface area contributed by atoms with Crippen molar-refractivity contribution >= 4 is 5.91 Å². The number of aromatic nitrogens is 4. The number of benzene rings is 1. The average molecular weight is 405 g/mol.